The third kappa shape index (κ3) is 4.44. The van der Waals surface area contributed by atoms with Crippen LogP contribution in [0.1, 0.15) is 4.88 Å². The van der Waals surface area contributed by atoms with Gasteiger partial charge in [-0.1, -0.05) is 17.7 Å². The predicted octanol–water partition coefficient (Wildman–Crippen LogP) is 3.73. The average Bonchev–Trinajstić information content (AvgIpc) is 2.81. The second-order valence-corrected chi connectivity index (χ2v) is 7.17. The molecule has 0 saturated carbocycles. The summed E-state index contributed by atoms with van der Waals surface area (Å²) in [6.45, 7) is 0.591. The molecule has 0 aliphatic heterocycles. The highest BCUT2D eigenvalue weighted by molar-refractivity contribution is 8.00. The molecule has 0 aliphatic rings. The number of nitrogens with two attached hydrogens (primary N) is 1. The number of hydrogen-bond donors (Lipinski definition) is 1. The van der Waals surface area contributed by atoms with E-state index in [4.69, 9.17) is 17.3 Å². The molecule has 0 fully saturated rings. The number of nitrogen functional groups attached to an aromatic ring is 1. The van der Waals surface area contributed by atoms with E-state index in [0.29, 0.717) is 18.0 Å². The molecule has 6 heteroatoms. The smallest absolute Gasteiger partial charge is 0.233 e. The summed E-state index contributed by atoms with van der Waals surface area (Å²) in [5.74, 6) is 0.487. The Labute approximate surface area is 131 Å². The summed E-state index contributed by atoms with van der Waals surface area (Å²) < 4.78 is 0.745. The van der Waals surface area contributed by atoms with Crippen LogP contribution in [0.3, 0.4) is 0 Å². The van der Waals surface area contributed by atoms with Crippen molar-refractivity contribution >= 4 is 46.3 Å². The van der Waals surface area contributed by atoms with Gasteiger partial charge in [0.25, 0.3) is 0 Å². The Morgan fingerprint density at radius 1 is 1.40 bits per heavy atom. The molecular weight excluding hydrogens is 312 g/mol. The van der Waals surface area contributed by atoms with E-state index in [-0.39, 0.29) is 5.91 Å². The molecule has 1 heterocycles. The molecule has 0 aliphatic carbocycles. The molecule has 0 spiro atoms. The predicted molar refractivity (Wildman–Crippen MR) is 87.4 cm³/mol. The fourth-order valence-electron chi connectivity index (χ4n) is 1.62. The Morgan fingerprint density at radius 2 is 2.20 bits per heavy atom. The van der Waals surface area contributed by atoms with Crippen LogP contribution in [-0.4, -0.2) is 23.6 Å². The molecule has 0 unspecified atom stereocenters. The van der Waals surface area contributed by atoms with Gasteiger partial charge >= 0.3 is 0 Å². The summed E-state index contributed by atoms with van der Waals surface area (Å²) in [6, 6.07) is 11.3. The van der Waals surface area contributed by atoms with Gasteiger partial charge in [-0.3, -0.25) is 4.79 Å². The van der Waals surface area contributed by atoms with Gasteiger partial charge < -0.3 is 10.6 Å². The van der Waals surface area contributed by atoms with E-state index < -0.39 is 0 Å². The Hall–Kier alpha value is -1.17. The van der Waals surface area contributed by atoms with Crippen LogP contribution < -0.4 is 5.73 Å². The topological polar surface area (TPSA) is 46.3 Å². The standard InChI is InChI=1S/C14H15ClN2OS2/c1-17(8-12-5-6-13(15)20-12)14(18)9-19-11-4-2-3-10(16)7-11/h2-7H,8-9,16H2,1H3. The molecule has 0 saturated heterocycles. The van der Waals surface area contributed by atoms with E-state index in [2.05, 4.69) is 0 Å². The number of amides is 1. The second kappa shape index (κ2) is 7.02. The number of rotatable bonds is 5. The first-order chi connectivity index (χ1) is 9.54. The SMILES string of the molecule is CN(Cc1ccc(Cl)s1)C(=O)CSc1cccc(N)c1. The summed E-state index contributed by atoms with van der Waals surface area (Å²) in [5, 5.41) is 0. The van der Waals surface area contributed by atoms with Crippen LogP contribution in [0.15, 0.2) is 41.3 Å². The average molecular weight is 327 g/mol. The van der Waals surface area contributed by atoms with Crippen LogP contribution in [0.2, 0.25) is 4.34 Å². The number of anilines is 1. The highest BCUT2D eigenvalue weighted by Crippen LogP contribution is 2.23. The molecule has 1 aromatic carbocycles. The monoisotopic (exact) mass is 326 g/mol. The van der Waals surface area contributed by atoms with Gasteiger partial charge in [0.15, 0.2) is 0 Å². The molecule has 2 aromatic rings. The fraction of sp³-hybridized carbons (Fsp3) is 0.214. The van der Waals surface area contributed by atoms with Gasteiger partial charge in [-0.25, -0.2) is 0 Å². The van der Waals surface area contributed by atoms with Gasteiger partial charge in [0.05, 0.1) is 16.6 Å². The number of carbonyl (C=O) groups is 1. The van der Waals surface area contributed by atoms with Crippen molar-refractivity contribution in [3.8, 4) is 0 Å². The molecule has 0 bridgehead atoms. The maximum absolute atomic E-state index is 12.1. The first kappa shape index (κ1) is 15.2. The third-order valence-corrected chi connectivity index (χ3v) is 4.86. The van der Waals surface area contributed by atoms with E-state index in [9.17, 15) is 4.79 Å². The Bertz CT molecular complexity index is 600. The second-order valence-electron chi connectivity index (χ2n) is 4.32. The Morgan fingerprint density at radius 3 is 2.85 bits per heavy atom. The first-order valence-corrected chi connectivity index (χ1v) is 8.19. The van der Waals surface area contributed by atoms with E-state index in [1.807, 2.05) is 36.4 Å². The van der Waals surface area contributed by atoms with Crippen LogP contribution in [0.25, 0.3) is 0 Å². The largest absolute Gasteiger partial charge is 0.399 e. The molecule has 1 aromatic heterocycles. The maximum Gasteiger partial charge on any atom is 0.233 e. The zero-order valence-corrected chi connectivity index (χ0v) is 13.4. The first-order valence-electron chi connectivity index (χ1n) is 6.01. The van der Waals surface area contributed by atoms with E-state index in [1.54, 1.807) is 11.9 Å². The van der Waals surface area contributed by atoms with Crippen molar-refractivity contribution < 1.29 is 4.79 Å². The minimum Gasteiger partial charge on any atom is -0.399 e. The molecule has 20 heavy (non-hydrogen) atoms. The lowest BCUT2D eigenvalue weighted by Gasteiger charge is -2.16. The number of carbonyl (C=O) groups excluding carboxylic acids is 1. The molecule has 0 atom stereocenters. The number of nitrogens with zero attached hydrogens (tertiary/aromatic N) is 1. The maximum atomic E-state index is 12.1. The van der Waals surface area contributed by atoms with Gasteiger partial charge in [-0.05, 0) is 30.3 Å². The molecule has 1 amide bonds. The van der Waals surface area contributed by atoms with Crippen LogP contribution in [-0.2, 0) is 11.3 Å². The van der Waals surface area contributed by atoms with Crippen molar-refractivity contribution in [3.63, 3.8) is 0 Å². The Balaban J connectivity index is 1.85. The summed E-state index contributed by atoms with van der Waals surface area (Å²) in [7, 11) is 1.80. The number of halogens is 1. The fourth-order valence-corrected chi connectivity index (χ4v) is 3.66. The van der Waals surface area contributed by atoms with Crippen LogP contribution in [0.5, 0.6) is 0 Å². The van der Waals surface area contributed by atoms with Gasteiger partial charge in [0, 0.05) is 22.5 Å². The van der Waals surface area contributed by atoms with Crippen molar-refractivity contribution in [2.75, 3.05) is 18.5 Å². The highest BCUT2D eigenvalue weighted by Gasteiger charge is 2.11. The van der Waals surface area contributed by atoms with Crippen LogP contribution in [0, 0.1) is 0 Å². The zero-order chi connectivity index (χ0) is 14.5. The van der Waals surface area contributed by atoms with Gasteiger partial charge in [0.2, 0.25) is 5.91 Å². The number of benzene rings is 1. The lowest BCUT2D eigenvalue weighted by molar-refractivity contribution is -0.127. The number of hydrogen-bond acceptors (Lipinski definition) is 4. The number of thioether (sulfide) groups is 1. The molecule has 2 rings (SSSR count). The lowest BCUT2D eigenvalue weighted by atomic mass is 10.3. The number of thiophene rings is 1. The molecule has 2 N–H and O–H groups in total. The minimum atomic E-state index is 0.0851. The van der Waals surface area contributed by atoms with Crippen molar-refractivity contribution in [2.24, 2.45) is 0 Å². The summed E-state index contributed by atoms with van der Waals surface area (Å²) in [5.41, 5.74) is 6.42. The van der Waals surface area contributed by atoms with E-state index >= 15 is 0 Å². The van der Waals surface area contributed by atoms with Crippen molar-refractivity contribution in [2.45, 2.75) is 11.4 Å². The zero-order valence-electron chi connectivity index (χ0n) is 11.0. The highest BCUT2D eigenvalue weighted by atomic mass is 35.5. The van der Waals surface area contributed by atoms with Crippen molar-refractivity contribution in [1.29, 1.82) is 0 Å². The minimum absolute atomic E-state index is 0.0851. The summed E-state index contributed by atoms with van der Waals surface area (Å²) in [6.07, 6.45) is 0. The Kier molecular flexibility index (Phi) is 5.34. The summed E-state index contributed by atoms with van der Waals surface area (Å²) >= 11 is 8.87. The van der Waals surface area contributed by atoms with Crippen molar-refractivity contribution in [1.82, 2.24) is 4.90 Å². The van der Waals surface area contributed by atoms with Gasteiger partial charge in [0.1, 0.15) is 0 Å². The van der Waals surface area contributed by atoms with Crippen LogP contribution in [0.4, 0.5) is 5.69 Å². The summed E-state index contributed by atoms with van der Waals surface area (Å²) in [4.78, 5) is 15.9. The van der Waals surface area contributed by atoms with Crippen LogP contribution >= 0.6 is 34.7 Å². The molecule has 3 nitrogen and oxygen atoms in total. The third-order valence-electron chi connectivity index (χ3n) is 2.67. The lowest BCUT2D eigenvalue weighted by Crippen LogP contribution is -2.27. The van der Waals surface area contributed by atoms with Gasteiger partial charge in [-0.15, -0.1) is 23.1 Å². The normalized spacial score (nSPS) is 10.5. The quantitative estimate of drug-likeness (QED) is 0.672. The molecule has 106 valence electrons. The van der Waals surface area contributed by atoms with Crippen molar-refractivity contribution in [3.05, 3.63) is 45.6 Å². The van der Waals surface area contributed by atoms with E-state index in [1.165, 1.54) is 23.1 Å². The molecular formula is C14H15ClN2OS2. The molecule has 0 radical (unpaired) electrons. The van der Waals surface area contributed by atoms with E-state index in [0.717, 1.165) is 14.1 Å². The van der Waals surface area contributed by atoms with Gasteiger partial charge in [-0.2, -0.15) is 0 Å².